The number of piperidine rings is 1. The van der Waals surface area contributed by atoms with Gasteiger partial charge in [0.25, 0.3) is 0 Å². The number of sulfonamides is 1. The van der Waals surface area contributed by atoms with Gasteiger partial charge in [-0.15, -0.1) is 0 Å². The molecule has 0 unspecified atom stereocenters. The molecule has 1 atom stereocenters. The first-order valence-corrected chi connectivity index (χ1v) is 12.3. The van der Waals surface area contributed by atoms with E-state index < -0.39 is 10.0 Å². The molecule has 1 aliphatic rings. The van der Waals surface area contributed by atoms with Crippen molar-refractivity contribution in [3.63, 3.8) is 0 Å². The van der Waals surface area contributed by atoms with Crippen LogP contribution in [-0.4, -0.2) is 38.3 Å². The van der Waals surface area contributed by atoms with Crippen molar-refractivity contribution in [2.24, 2.45) is 5.92 Å². The molecule has 0 spiro atoms. The summed E-state index contributed by atoms with van der Waals surface area (Å²) in [6, 6.07) is 12.2. The van der Waals surface area contributed by atoms with E-state index in [-0.39, 0.29) is 22.8 Å². The van der Waals surface area contributed by atoms with E-state index in [1.807, 2.05) is 32.9 Å². The summed E-state index contributed by atoms with van der Waals surface area (Å²) >= 11 is 5.92. The number of hydrogen-bond acceptors (Lipinski definition) is 4. The summed E-state index contributed by atoms with van der Waals surface area (Å²) in [5, 5.41) is 3.68. The van der Waals surface area contributed by atoms with Crippen LogP contribution in [0.15, 0.2) is 47.4 Å². The minimum Gasteiger partial charge on any atom is -0.494 e. The van der Waals surface area contributed by atoms with Crippen LogP contribution in [0.3, 0.4) is 0 Å². The molecule has 1 aliphatic heterocycles. The molecule has 0 bridgehead atoms. The van der Waals surface area contributed by atoms with Crippen molar-refractivity contribution in [2.75, 3.05) is 19.7 Å². The predicted octanol–water partition coefficient (Wildman–Crippen LogP) is 4.33. The zero-order valence-electron chi connectivity index (χ0n) is 18.1. The van der Waals surface area contributed by atoms with Crippen LogP contribution in [0.4, 0.5) is 0 Å². The maximum Gasteiger partial charge on any atom is 0.243 e. The lowest BCUT2D eigenvalue weighted by molar-refractivity contribution is -0.126. The topological polar surface area (TPSA) is 75.7 Å². The molecule has 1 fully saturated rings. The van der Waals surface area contributed by atoms with Gasteiger partial charge < -0.3 is 10.1 Å². The van der Waals surface area contributed by atoms with Gasteiger partial charge in [0.1, 0.15) is 5.75 Å². The summed E-state index contributed by atoms with van der Waals surface area (Å²) in [5.74, 6) is 0.436. The van der Waals surface area contributed by atoms with E-state index in [0.29, 0.717) is 43.3 Å². The number of carbonyl (C=O) groups excluding carboxylic acids is 1. The van der Waals surface area contributed by atoms with Crippen molar-refractivity contribution in [3.8, 4) is 5.75 Å². The fourth-order valence-corrected chi connectivity index (χ4v) is 5.45. The van der Waals surface area contributed by atoms with Crippen molar-refractivity contribution >= 4 is 27.5 Å². The van der Waals surface area contributed by atoms with Gasteiger partial charge in [0.2, 0.25) is 15.9 Å². The third kappa shape index (κ3) is 5.59. The van der Waals surface area contributed by atoms with Gasteiger partial charge in [-0.2, -0.15) is 4.31 Å². The molecule has 6 nitrogen and oxygen atoms in total. The highest BCUT2D eigenvalue weighted by Gasteiger charge is 2.32. The minimum atomic E-state index is -3.60. The first-order valence-electron chi connectivity index (χ1n) is 10.5. The van der Waals surface area contributed by atoms with Crippen LogP contribution >= 0.6 is 11.6 Å². The van der Waals surface area contributed by atoms with E-state index in [1.54, 1.807) is 30.3 Å². The summed E-state index contributed by atoms with van der Waals surface area (Å²) in [6.07, 6.45) is 0.989. The Morgan fingerprint density at radius 2 is 1.84 bits per heavy atom. The zero-order chi connectivity index (χ0) is 22.6. The second-order valence-electron chi connectivity index (χ2n) is 7.82. The molecular weight excluding hydrogens is 436 g/mol. The summed E-state index contributed by atoms with van der Waals surface area (Å²) in [7, 11) is -3.60. The molecule has 31 heavy (non-hydrogen) atoms. The zero-order valence-corrected chi connectivity index (χ0v) is 19.7. The smallest absolute Gasteiger partial charge is 0.243 e. The standard InChI is InChI=1S/C23H29ClN2O4S/c1-4-30-22-10-9-21(15-16(22)2)31(28,29)26-13-11-19(12-14-26)23(27)25-17(3)18-5-7-20(24)8-6-18/h5-10,15,17,19H,4,11-14H2,1-3H3,(H,25,27)/t17-/m1/s1. The first-order chi connectivity index (χ1) is 14.7. The van der Waals surface area contributed by atoms with Crippen LogP contribution in [0.2, 0.25) is 5.02 Å². The minimum absolute atomic E-state index is 0.0450. The molecule has 168 valence electrons. The number of benzene rings is 2. The van der Waals surface area contributed by atoms with Gasteiger partial charge in [-0.05, 0) is 75.1 Å². The number of aryl methyl sites for hydroxylation is 1. The van der Waals surface area contributed by atoms with E-state index in [9.17, 15) is 13.2 Å². The average Bonchev–Trinajstić information content (AvgIpc) is 2.75. The lowest BCUT2D eigenvalue weighted by atomic mass is 9.96. The largest absolute Gasteiger partial charge is 0.494 e. The van der Waals surface area contributed by atoms with Gasteiger partial charge in [-0.25, -0.2) is 8.42 Å². The number of nitrogens with zero attached hydrogens (tertiary/aromatic N) is 1. The highest BCUT2D eigenvalue weighted by molar-refractivity contribution is 7.89. The Bertz CT molecular complexity index is 1020. The molecule has 8 heteroatoms. The maximum atomic E-state index is 13.0. The van der Waals surface area contributed by atoms with Gasteiger partial charge in [0.15, 0.2) is 0 Å². The number of nitrogens with one attached hydrogen (secondary N) is 1. The van der Waals surface area contributed by atoms with E-state index in [0.717, 1.165) is 11.1 Å². The molecule has 0 saturated carbocycles. The number of amides is 1. The highest BCUT2D eigenvalue weighted by atomic mass is 35.5. The predicted molar refractivity (Wildman–Crippen MR) is 122 cm³/mol. The van der Waals surface area contributed by atoms with Crippen molar-refractivity contribution in [1.29, 1.82) is 0 Å². The summed E-state index contributed by atoms with van der Waals surface area (Å²) in [4.78, 5) is 13.0. The fourth-order valence-electron chi connectivity index (χ4n) is 3.77. The molecule has 3 rings (SSSR count). The van der Waals surface area contributed by atoms with E-state index in [1.165, 1.54) is 4.31 Å². The lowest BCUT2D eigenvalue weighted by Gasteiger charge is -2.31. The molecule has 1 saturated heterocycles. The molecule has 2 aromatic carbocycles. The van der Waals surface area contributed by atoms with Crippen molar-refractivity contribution < 1.29 is 17.9 Å². The molecule has 0 radical (unpaired) electrons. The van der Waals surface area contributed by atoms with Crippen LogP contribution in [0.1, 0.15) is 43.9 Å². The highest BCUT2D eigenvalue weighted by Crippen LogP contribution is 2.28. The molecule has 2 aromatic rings. The fraction of sp³-hybridized carbons (Fsp3) is 0.435. The van der Waals surface area contributed by atoms with Gasteiger partial charge >= 0.3 is 0 Å². The third-order valence-corrected chi connectivity index (χ3v) is 7.78. The second-order valence-corrected chi connectivity index (χ2v) is 10.2. The van der Waals surface area contributed by atoms with Gasteiger partial charge in [0.05, 0.1) is 17.5 Å². The number of carbonyl (C=O) groups is 1. The first kappa shape index (κ1) is 23.6. The Morgan fingerprint density at radius 1 is 1.19 bits per heavy atom. The van der Waals surface area contributed by atoms with Crippen LogP contribution in [0, 0.1) is 12.8 Å². The summed E-state index contributed by atoms with van der Waals surface area (Å²) in [5.41, 5.74) is 1.76. The van der Waals surface area contributed by atoms with E-state index in [4.69, 9.17) is 16.3 Å². The van der Waals surface area contributed by atoms with Crippen LogP contribution in [0.5, 0.6) is 5.75 Å². The Balaban J connectivity index is 1.59. The second kappa shape index (κ2) is 10.0. The van der Waals surface area contributed by atoms with E-state index in [2.05, 4.69) is 5.32 Å². The maximum absolute atomic E-state index is 13.0. The summed E-state index contributed by atoms with van der Waals surface area (Å²) < 4.78 is 33.1. The Labute approximate surface area is 189 Å². The van der Waals surface area contributed by atoms with Crippen LogP contribution < -0.4 is 10.1 Å². The number of rotatable bonds is 7. The average molecular weight is 465 g/mol. The third-order valence-electron chi connectivity index (χ3n) is 5.64. The lowest BCUT2D eigenvalue weighted by Crippen LogP contribution is -2.43. The SMILES string of the molecule is CCOc1ccc(S(=O)(=O)N2CCC(C(=O)N[C@H](C)c3ccc(Cl)cc3)CC2)cc1C. The molecule has 1 amide bonds. The van der Waals surface area contributed by atoms with Crippen LogP contribution in [0.25, 0.3) is 0 Å². The van der Waals surface area contributed by atoms with Gasteiger partial charge in [-0.3, -0.25) is 4.79 Å². The van der Waals surface area contributed by atoms with E-state index >= 15 is 0 Å². The molecule has 0 aromatic heterocycles. The molecular formula is C23H29ClN2O4S. The Kier molecular flexibility index (Phi) is 7.62. The molecule has 1 N–H and O–H groups in total. The molecule has 1 heterocycles. The van der Waals surface area contributed by atoms with Crippen molar-refractivity contribution in [2.45, 2.75) is 44.6 Å². The number of hydrogen-bond donors (Lipinski definition) is 1. The van der Waals surface area contributed by atoms with Gasteiger partial charge in [-0.1, -0.05) is 23.7 Å². The normalized spacial score (nSPS) is 16.6. The number of ether oxygens (including phenoxy) is 1. The number of halogens is 1. The summed E-state index contributed by atoms with van der Waals surface area (Å²) in [6.45, 7) is 6.82. The van der Waals surface area contributed by atoms with Crippen molar-refractivity contribution in [3.05, 3.63) is 58.6 Å². The van der Waals surface area contributed by atoms with Crippen LogP contribution in [-0.2, 0) is 14.8 Å². The monoisotopic (exact) mass is 464 g/mol. The van der Waals surface area contributed by atoms with Crippen molar-refractivity contribution in [1.82, 2.24) is 9.62 Å². The van der Waals surface area contributed by atoms with Gasteiger partial charge in [0, 0.05) is 24.0 Å². The Morgan fingerprint density at radius 3 is 2.42 bits per heavy atom. The quantitative estimate of drug-likeness (QED) is 0.661. The Hall–Kier alpha value is -2.09. The molecule has 0 aliphatic carbocycles.